The maximum Gasteiger partial charge on any atom is 0.221 e. The number of H-pyrrole nitrogens is 1. The van der Waals surface area contributed by atoms with E-state index in [0.29, 0.717) is 25.3 Å². The van der Waals surface area contributed by atoms with Crippen LogP contribution in [0.1, 0.15) is 33.0 Å². The van der Waals surface area contributed by atoms with E-state index in [1.807, 2.05) is 0 Å². The summed E-state index contributed by atoms with van der Waals surface area (Å²) in [6, 6.07) is 0. The molecule has 7 heteroatoms. The lowest BCUT2D eigenvalue weighted by Crippen LogP contribution is -2.38. The average Bonchev–Trinajstić information content (AvgIpc) is 2.65. The zero-order valence-electron chi connectivity index (χ0n) is 9.87. The van der Waals surface area contributed by atoms with Crippen molar-refractivity contribution in [2.24, 2.45) is 0 Å². The third-order valence-electron chi connectivity index (χ3n) is 1.84. The fourth-order valence-electron chi connectivity index (χ4n) is 1.07. The molecule has 0 aliphatic carbocycles. The molecule has 0 aliphatic heterocycles. The van der Waals surface area contributed by atoms with Gasteiger partial charge in [-0.2, -0.15) is 5.21 Å². The highest BCUT2D eigenvalue weighted by Gasteiger charge is 2.09. The molecule has 90 valence electrons. The highest BCUT2D eigenvalue weighted by molar-refractivity contribution is 5.75. The summed E-state index contributed by atoms with van der Waals surface area (Å²) in [7, 11) is 0. The summed E-state index contributed by atoms with van der Waals surface area (Å²) in [6.07, 6.45) is 0.440. The summed E-state index contributed by atoms with van der Waals surface area (Å²) in [4.78, 5) is 11.4. The molecule has 16 heavy (non-hydrogen) atoms. The van der Waals surface area contributed by atoms with Crippen LogP contribution in [0, 0.1) is 0 Å². The van der Waals surface area contributed by atoms with Gasteiger partial charge in [-0.25, -0.2) is 0 Å². The van der Waals surface area contributed by atoms with Gasteiger partial charge in [0.1, 0.15) is 0 Å². The maximum atomic E-state index is 11.4. The smallest absolute Gasteiger partial charge is 0.221 e. The minimum absolute atomic E-state index is 0.0263. The SMILES string of the molecule is CC(C)(C)NCCC(=O)NCc1nn[nH]n1. The molecule has 0 spiro atoms. The number of nitrogens with one attached hydrogen (secondary N) is 3. The first-order valence-corrected chi connectivity index (χ1v) is 5.21. The Kier molecular flexibility index (Phi) is 4.36. The summed E-state index contributed by atoms with van der Waals surface area (Å²) in [5, 5.41) is 19.1. The highest BCUT2D eigenvalue weighted by Crippen LogP contribution is 1.97. The molecule has 0 saturated heterocycles. The molecule has 3 N–H and O–H groups in total. The molecule has 1 aromatic heterocycles. The number of carbonyl (C=O) groups is 1. The number of hydrogen-bond donors (Lipinski definition) is 3. The first-order valence-electron chi connectivity index (χ1n) is 5.21. The lowest BCUT2D eigenvalue weighted by atomic mass is 10.1. The van der Waals surface area contributed by atoms with Crippen molar-refractivity contribution >= 4 is 5.91 Å². The van der Waals surface area contributed by atoms with Crippen LogP contribution in [0.25, 0.3) is 0 Å². The Hall–Kier alpha value is -1.50. The topological polar surface area (TPSA) is 95.6 Å². The molecule has 7 nitrogen and oxygen atoms in total. The summed E-state index contributed by atoms with van der Waals surface area (Å²) >= 11 is 0. The molecule has 0 saturated carbocycles. The van der Waals surface area contributed by atoms with Crippen LogP contribution < -0.4 is 10.6 Å². The second-order valence-corrected chi connectivity index (χ2v) is 4.53. The summed E-state index contributed by atoms with van der Waals surface area (Å²) in [5.41, 5.74) is 0.0357. The molecule has 1 rings (SSSR count). The molecule has 0 atom stereocenters. The van der Waals surface area contributed by atoms with Gasteiger partial charge >= 0.3 is 0 Å². The molecule has 0 radical (unpaired) electrons. The molecule has 0 unspecified atom stereocenters. The Morgan fingerprint density at radius 1 is 1.44 bits per heavy atom. The van der Waals surface area contributed by atoms with E-state index in [1.165, 1.54) is 0 Å². The minimum Gasteiger partial charge on any atom is -0.349 e. The van der Waals surface area contributed by atoms with E-state index >= 15 is 0 Å². The number of aromatic amines is 1. The second-order valence-electron chi connectivity index (χ2n) is 4.53. The third-order valence-corrected chi connectivity index (χ3v) is 1.84. The van der Waals surface area contributed by atoms with Crippen molar-refractivity contribution in [3.8, 4) is 0 Å². The quantitative estimate of drug-likeness (QED) is 0.634. The maximum absolute atomic E-state index is 11.4. The van der Waals surface area contributed by atoms with Crippen molar-refractivity contribution in [2.45, 2.75) is 39.3 Å². The highest BCUT2D eigenvalue weighted by atomic mass is 16.1. The number of amides is 1. The number of aromatic nitrogens is 4. The van der Waals surface area contributed by atoms with Gasteiger partial charge in [-0.05, 0) is 20.8 Å². The number of nitrogens with zero attached hydrogens (tertiary/aromatic N) is 3. The van der Waals surface area contributed by atoms with Crippen molar-refractivity contribution in [3.63, 3.8) is 0 Å². The van der Waals surface area contributed by atoms with Gasteiger partial charge in [0.25, 0.3) is 0 Å². The van der Waals surface area contributed by atoms with Crippen LogP contribution >= 0.6 is 0 Å². The van der Waals surface area contributed by atoms with Gasteiger partial charge in [0.15, 0.2) is 5.82 Å². The van der Waals surface area contributed by atoms with Crippen molar-refractivity contribution in [3.05, 3.63) is 5.82 Å². The molecular weight excluding hydrogens is 208 g/mol. The van der Waals surface area contributed by atoms with Crippen LogP contribution in [-0.2, 0) is 11.3 Å². The number of carbonyl (C=O) groups excluding carboxylic acids is 1. The predicted octanol–water partition coefficient (Wildman–Crippen LogP) is -0.406. The Morgan fingerprint density at radius 3 is 2.75 bits per heavy atom. The van der Waals surface area contributed by atoms with Gasteiger partial charge in [0.2, 0.25) is 5.91 Å². The summed E-state index contributed by atoms with van der Waals surface area (Å²) in [5.74, 6) is 0.457. The molecular formula is C9H18N6O. The van der Waals surface area contributed by atoms with Crippen LogP contribution in [-0.4, -0.2) is 38.6 Å². The van der Waals surface area contributed by atoms with Crippen LogP contribution in [0.3, 0.4) is 0 Å². The number of tetrazole rings is 1. The molecule has 1 amide bonds. The minimum atomic E-state index is -0.0263. The number of hydrogen-bond acceptors (Lipinski definition) is 5. The van der Waals surface area contributed by atoms with E-state index in [4.69, 9.17) is 0 Å². The molecule has 1 aromatic rings. The largest absolute Gasteiger partial charge is 0.349 e. The average molecular weight is 226 g/mol. The van der Waals surface area contributed by atoms with Gasteiger partial charge < -0.3 is 10.6 Å². The van der Waals surface area contributed by atoms with Gasteiger partial charge in [-0.1, -0.05) is 5.21 Å². The molecule has 0 bridgehead atoms. The van der Waals surface area contributed by atoms with Crippen LogP contribution in [0.5, 0.6) is 0 Å². The predicted molar refractivity (Wildman–Crippen MR) is 58.4 cm³/mol. The Morgan fingerprint density at radius 2 is 2.19 bits per heavy atom. The first kappa shape index (κ1) is 12.6. The van der Waals surface area contributed by atoms with Gasteiger partial charge in [-0.15, -0.1) is 10.2 Å². The lowest BCUT2D eigenvalue weighted by Gasteiger charge is -2.20. The molecule has 0 aromatic carbocycles. The standard InChI is InChI=1S/C9H18N6O/c1-9(2,3)11-5-4-8(16)10-6-7-12-14-15-13-7/h11H,4-6H2,1-3H3,(H,10,16)(H,12,13,14,15). The third kappa shape index (κ3) is 5.40. The van der Waals surface area contributed by atoms with Gasteiger partial charge in [0.05, 0.1) is 6.54 Å². The van der Waals surface area contributed by atoms with E-state index in [9.17, 15) is 4.79 Å². The van der Waals surface area contributed by atoms with E-state index in [2.05, 4.69) is 52.0 Å². The zero-order valence-corrected chi connectivity index (χ0v) is 9.87. The van der Waals surface area contributed by atoms with Crippen molar-refractivity contribution in [2.75, 3.05) is 6.54 Å². The second kappa shape index (κ2) is 5.55. The summed E-state index contributed by atoms with van der Waals surface area (Å²) in [6.45, 7) is 7.14. The monoisotopic (exact) mass is 226 g/mol. The number of rotatable bonds is 5. The van der Waals surface area contributed by atoms with Crippen LogP contribution in [0.2, 0.25) is 0 Å². The molecule has 0 aliphatic rings. The Balaban J connectivity index is 2.12. The Labute approximate surface area is 94.4 Å². The van der Waals surface area contributed by atoms with Crippen molar-refractivity contribution < 1.29 is 4.79 Å². The Bertz CT molecular complexity index is 315. The molecule has 0 fully saturated rings. The lowest BCUT2D eigenvalue weighted by molar-refractivity contribution is -0.121. The zero-order chi connectivity index (χ0) is 12.0. The van der Waals surface area contributed by atoms with E-state index in [1.54, 1.807) is 0 Å². The fourth-order valence-corrected chi connectivity index (χ4v) is 1.07. The molecule has 1 heterocycles. The fraction of sp³-hybridized carbons (Fsp3) is 0.778. The van der Waals surface area contributed by atoms with Crippen molar-refractivity contribution in [1.29, 1.82) is 0 Å². The van der Waals surface area contributed by atoms with E-state index in [-0.39, 0.29) is 11.4 Å². The summed E-state index contributed by atoms with van der Waals surface area (Å²) < 4.78 is 0. The first-order chi connectivity index (χ1) is 7.47. The van der Waals surface area contributed by atoms with Crippen LogP contribution in [0.15, 0.2) is 0 Å². The van der Waals surface area contributed by atoms with E-state index < -0.39 is 0 Å². The van der Waals surface area contributed by atoms with Gasteiger partial charge in [-0.3, -0.25) is 4.79 Å². The van der Waals surface area contributed by atoms with Gasteiger partial charge in [0, 0.05) is 18.5 Å². The van der Waals surface area contributed by atoms with E-state index in [0.717, 1.165) is 0 Å². The van der Waals surface area contributed by atoms with Crippen LogP contribution in [0.4, 0.5) is 0 Å². The normalized spacial score (nSPS) is 11.4. The van der Waals surface area contributed by atoms with Crippen molar-refractivity contribution in [1.82, 2.24) is 31.3 Å².